The Morgan fingerprint density at radius 2 is 1.93 bits per heavy atom. The number of fused-ring (bicyclic) bond motifs is 1. The van der Waals surface area contributed by atoms with Crippen LogP contribution < -0.4 is 9.47 Å². The first-order chi connectivity index (χ1) is 13.9. The highest BCUT2D eigenvalue weighted by Crippen LogP contribution is 2.31. The van der Waals surface area contributed by atoms with E-state index in [1.54, 1.807) is 44.2 Å². The largest absolute Gasteiger partial charge is 0.485 e. The maximum absolute atomic E-state index is 12.6. The maximum Gasteiger partial charge on any atom is 0.351 e. The smallest absolute Gasteiger partial charge is 0.351 e. The first-order valence-corrected chi connectivity index (χ1v) is 9.15. The summed E-state index contributed by atoms with van der Waals surface area (Å²) >= 11 is 0. The van der Waals surface area contributed by atoms with Gasteiger partial charge in [0.1, 0.15) is 12.4 Å². The molecule has 0 unspecified atom stereocenters. The summed E-state index contributed by atoms with van der Waals surface area (Å²) < 4.78 is 23.2. The van der Waals surface area contributed by atoms with Crippen molar-refractivity contribution in [3.63, 3.8) is 0 Å². The third kappa shape index (κ3) is 3.61. The number of carbonyl (C=O) groups is 2. The Bertz CT molecular complexity index is 1080. The molecule has 0 spiro atoms. The van der Waals surface area contributed by atoms with Crippen LogP contribution in [0.3, 0.4) is 0 Å². The lowest BCUT2D eigenvalue weighted by Gasteiger charge is -2.24. The Morgan fingerprint density at radius 3 is 2.66 bits per heavy atom. The van der Waals surface area contributed by atoms with Crippen molar-refractivity contribution in [2.45, 2.75) is 26.9 Å². The molecule has 3 heterocycles. The highest BCUT2D eigenvalue weighted by molar-refractivity contribution is 5.99. The molecule has 150 valence electrons. The van der Waals surface area contributed by atoms with Gasteiger partial charge in [-0.25, -0.2) is 4.79 Å². The molecule has 8 heteroatoms. The van der Waals surface area contributed by atoms with Crippen LogP contribution in [0.5, 0.6) is 11.5 Å². The van der Waals surface area contributed by atoms with Crippen LogP contribution in [0.25, 0.3) is 5.82 Å². The molecule has 0 saturated heterocycles. The lowest BCUT2D eigenvalue weighted by Crippen LogP contribution is -2.38. The van der Waals surface area contributed by atoms with Gasteiger partial charge in [0.15, 0.2) is 23.9 Å². The number of ketones is 1. The Kier molecular flexibility index (Phi) is 4.84. The predicted octanol–water partition coefficient (Wildman–Crippen LogP) is 2.96. The van der Waals surface area contributed by atoms with E-state index in [4.69, 9.17) is 18.7 Å². The molecule has 1 aliphatic heterocycles. The van der Waals surface area contributed by atoms with Crippen LogP contribution >= 0.6 is 0 Å². The molecule has 2 aromatic heterocycles. The summed E-state index contributed by atoms with van der Waals surface area (Å²) in [7, 11) is 0. The predicted molar refractivity (Wildman–Crippen MR) is 102 cm³/mol. The van der Waals surface area contributed by atoms with Crippen molar-refractivity contribution in [2.75, 3.05) is 13.2 Å². The van der Waals surface area contributed by atoms with E-state index in [2.05, 4.69) is 5.16 Å². The molecule has 0 saturated carbocycles. The fraction of sp³-hybridized carbons (Fsp3) is 0.286. The van der Waals surface area contributed by atoms with Crippen molar-refractivity contribution in [1.82, 2.24) is 9.72 Å². The molecule has 8 nitrogen and oxygen atoms in total. The highest BCUT2D eigenvalue weighted by atomic mass is 16.6. The second-order valence-electron chi connectivity index (χ2n) is 6.81. The van der Waals surface area contributed by atoms with Gasteiger partial charge in [0.25, 0.3) is 0 Å². The molecule has 1 aliphatic rings. The van der Waals surface area contributed by atoms with Gasteiger partial charge in [-0.1, -0.05) is 17.3 Å². The van der Waals surface area contributed by atoms with E-state index < -0.39 is 12.1 Å². The van der Waals surface area contributed by atoms with E-state index in [9.17, 15) is 9.59 Å². The van der Waals surface area contributed by atoms with Crippen LogP contribution in [-0.4, -0.2) is 40.8 Å². The highest BCUT2D eigenvalue weighted by Gasteiger charge is 2.29. The average Bonchev–Trinajstić information content (AvgIpc) is 3.27. The molecule has 4 rings (SSSR count). The molecule has 29 heavy (non-hydrogen) atoms. The molecule has 0 radical (unpaired) electrons. The summed E-state index contributed by atoms with van der Waals surface area (Å²) in [6, 6.07) is 10.6. The van der Waals surface area contributed by atoms with E-state index in [0.29, 0.717) is 34.3 Å². The molecular formula is C21H20N2O6. The summed E-state index contributed by atoms with van der Waals surface area (Å²) in [4.78, 5) is 25.0. The monoisotopic (exact) mass is 396 g/mol. The van der Waals surface area contributed by atoms with E-state index in [1.807, 2.05) is 17.6 Å². The van der Waals surface area contributed by atoms with Crippen molar-refractivity contribution in [3.05, 3.63) is 59.1 Å². The van der Waals surface area contributed by atoms with Gasteiger partial charge in [0, 0.05) is 23.0 Å². The van der Waals surface area contributed by atoms with Crippen LogP contribution in [-0.2, 0) is 9.53 Å². The minimum Gasteiger partial charge on any atom is -0.485 e. The van der Waals surface area contributed by atoms with Crippen molar-refractivity contribution in [1.29, 1.82) is 0 Å². The Morgan fingerprint density at radius 1 is 1.17 bits per heavy atom. The first kappa shape index (κ1) is 18.8. The Balaban J connectivity index is 1.42. The van der Waals surface area contributed by atoms with Gasteiger partial charge in [-0.15, -0.1) is 0 Å². The number of hydrogen-bond donors (Lipinski definition) is 0. The molecule has 0 bridgehead atoms. The molecular weight excluding hydrogens is 376 g/mol. The number of carbonyl (C=O) groups excluding carboxylic acids is 2. The number of nitrogens with zero attached hydrogens (tertiary/aromatic N) is 2. The number of ether oxygens (including phenoxy) is 3. The Hall–Kier alpha value is -3.55. The van der Waals surface area contributed by atoms with Gasteiger partial charge >= 0.3 is 5.97 Å². The number of para-hydroxylation sites is 2. The third-order valence-electron chi connectivity index (χ3n) is 4.69. The lowest BCUT2D eigenvalue weighted by atomic mass is 10.1. The van der Waals surface area contributed by atoms with Gasteiger partial charge < -0.3 is 18.7 Å². The minimum absolute atomic E-state index is 0.0318. The van der Waals surface area contributed by atoms with E-state index in [0.717, 1.165) is 5.69 Å². The summed E-state index contributed by atoms with van der Waals surface area (Å²) in [5, 5.41) is 4.00. The fourth-order valence-electron chi connectivity index (χ4n) is 3.30. The van der Waals surface area contributed by atoms with E-state index in [-0.39, 0.29) is 19.0 Å². The second-order valence-corrected chi connectivity index (χ2v) is 6.81. The number of aryl methyl sites for hydroxylation is 2. The summed E-state index contributed by atoms with van der Waals surface area (Å²) in [6.45, 7) is 5.11. The van der Waals surface area contributed by atoms with Gasteiger partial charge in [-0.3, -0.25) is 9.36 Å². The normalized spacial score (nSPS) is 15.2. The van der Waals surface area contributed by atoms with E-state index >= 15 is 0 Å². The van der Waals surface area contributed by atoms with Crippen LogP contribution in [0.2, 0.25) is 0 Å². The minimum atomic E-state index is -0.914. The van der Waals surface area contributed by atoms with Crippen molar-refractivity contribution >= 4 is 11.8 Å². The SMILES string of the molecule is Cc1cc(-n2c(C)cc(C(=O)COC(=O)[C@@H]3COc4ccccc4O3)c2C)no1. The second kappa shape index (κ2) is 7.46. The number of aromatic nitrogens is 2. The number of Topliss-reactive ketones (excluding diaryl/α,β-unsaturated/α-hetero) is 1. The van der Waals surface area contributed by atoms with Gasteiger partial charge in [0.2, 0.25) is 11.9 Å². The average molecular weight is 396 g/mol. The third-order valence-corrected chi connectivity index (χ3v) is 4.69. The molecule has 0 amide bonds. The van der Waals surface area contributed by atoms with Gasteiger partial charge in [0.05, 0.1) is 0 Å². The maximum atomic E-state index is 12.6. The zero-order valence-corrected chi connectivity index (χ0v) is 16.3. The zero-order chi connectivity index (χ0) is 20.5. The molecule has 0 fully saturated rings. The summed E-state index contributed by atoms with van der Waals surface area (Å²) in [5.41, 5.74) is 1.98. The quantitative estimate of drug-likeness (QED) is 0.483. The first-order valence-electron chi connectivity index (χ1n) is 9.15. The number of hydrogen-bond acceptors (Lipinski definition) is 7. The topological polar surface area (TPSA) is 92.8 Å². The molecule has 1 aromatic carbocycles. The van der Waals surface area contributed by atoms with E-state index in [1.165, 1.54) is 0 Å². The number of rotatable bonds is 5. The van der Waals surface area contributed by atoms with Gasteiger partial charge in [-0.05, 0) is 39.0 Å². The van der Waals surface area contributed by atoms with Crippen LogP contribution in [0.15, 0.2) is 40.9 Å². The fourth-order valence-corrected chi connectivity index (χ4v) is 3.30. The van der Waals surface area contributed by atoms with Crippen LogP contribution in [0.4, 0.5) is 0 Å². The molecule has 1 atom stereocenters. The van der Waals surface area contributed by atoms with Crippen LogP contribution in [0.1, 0.15) is 27.5 Å². The van der Waals surface area contributed by atoms with Crippen molar-refractivity contribution < 1.29 is 28.3 Å². The number of benzene rings is 1. The summed E-state index contributed by atoms with van der Waals surface area (Å²) in [5.74, 6) is 1.36. The zero-order valence-electron chi connectivity index (χ0n) is 16.3. The molecule has 3 aromatic rings. The van der Waals surface area contributed by atoms with Crippen LogP contribution in [0, 0.1) is 20.8 Å². The van der Waals surface area contributed by atoms with Gasteiger partial charge in [-0.2, -0.15) is 0 Å². The molecule has 0 N–H and O–H groups in total. The number of esters is 1. The lowest BCUT2D eigenvalue weighted by molar-refractivity contribution is -0.153. The van der Waals surface area contributed by atoms with Crippen molar-refractivity contribution in [2.24, 2.45) is 0 Å². The molecule has 0 aliphatic carbocycles. The Labute approximate surface area is 167 Å². The standard InChI is InChI=1S/C21H20N2O6/c1-12-8-15(14(3)23(12)20-9-13(2)29-22-20)16(24)10-27-21(25)19-11-26-17-6-4-5-7-18(17)28-19/h4-9,19H,10-11H2,1-3H3/t19-/m0/s1. The van der Waals surface area contributed by atoms with Crippen molar-refractivity contribution in [3.8, 4) is 17.3 Å². The summed E-state index contributed by atoms with van der Waals surface area (Å²) in [6.07, 6.45) is -0.914.